The highest BCUT2D eigenvalue weighted by Crippen LogP contribution is 2.27. The van der Waals surface area contributed by atoms with E-state index in [-0.39, 0.29) is 6.04 Å². The second-order valence-electron chi connectivity index (χ2n) is 5.00. The molecule has 0 amide bonds. The van der Waals surface area contributed by atoms with Gasteiger partial charge in [-0.15, -0.1) is 0 Å². The highest BCUT2D eigenvalue weighted by atomic mass is 79.9. The Labute approximate surface area is 144 Å². The van der Waals surface area contributed by atoms with Gasteiger partial charge in [-0.05, 0) is 54.8 Å². The van der Waals surface area contributed by atoms with Gasteiger partial charge in [-0.3, -0.25) is 0 Å². The van der Waals surface area contributed by atoms with Crippen LogP contribution in [0, 0.1) is 0 Å². The fourth-order valence-electron chi connectivity index (χ4n) is 2.23. The molecule has 0 spiro atoms. The topological polar surface area (TPSA) is 12.0 Å². The predicted molar refractivity (Wildman–Crippen MR) is 95.3 cm³/mol. The highest BCUT2D eigenvalue weighted by Gasteiger charge is 2.13. The number of hydrogen-bond donors (Lipinski definition) is 1. The summed E-state index contributed by atoms with van der Waals surface area (Å²) >= 11 is 15.8. The van der Waals surface area contributed by atoms with Crippen LogP contribution in [0.4, 0.5) is 0 Å². The zero-order valence-corrected chi connectivity index (χ0v) is 15.0. The molecule has 0 saturated heterocycles. The van der Waals surface area contributed by atoms with Crippen LogP contribution in [0.2, 0.25) is 10.0 Å². The third kappa shape index (κ3) is 5.00. The second-order valence-corrected chi connectivity index (χ2v) is 6.76. The average molecular weight is 387 g/mol. The van der Waals surface area contributed by atoms with Gasteiger partial charge in [-0.25, -0.2) is 0 Å². The fourth-order valence-corrected chi connectivity index (χ4v) is 3.11. The number of hydrogen-bond acceptors (Lipinski definition) is 1. The lowest BCUT2D eigenvalue weighted by Crippen LogP contribution is -2.24. The number of nitrogens with one attached hydrogen (secondary N) is 1. The van der Waals surface area contributed by atoms with Crippen molar-refractivity contribution in [1.29, 1.82) is 0 Å². The van der Waals surface area contributed by atoms with E-state index in [1.165, 1.54) is 5.56 Å². The summed E-state index contributed by atoms with van der Waals surface area (Å²) in [6.45, 7) is 3.14. The summed E-state index contributed by atoms with van der Waals surface area (Å²) in [5.41, 5.74) is 2.37. The van der Waals surface area contributed by atoms with Crippen molar-refractivity contribution in [1.82, 2.24) is 5.32 Å². The minimum Gasteiger partial charge on any atom is -0.310 e. The van der Waals surface area contributed by atoms with Crippen LogP contribution in [0.25, 0.3) is 0 Å². The molecule has 2 aromatic rings. The summed E-state index contributed by atoms with van der Waals surface area (Å²) < 4.78 is 1.00. The lowest BCUT2D eigenvalue weighted by atomic mass is 9.98. The minimum absolute atomic E-state index is 0.237. The van der Waals surface area contributed by atoms with Crippen LogP contribution in [-0.4, -0.2) is 6.54 Å². The lowest BCUT2D eigenvalue weighted by Gasteiger charge is -2.20. The van der Waals surface area contributed by atoms with E-state index >= 15 is 0 Å². The maximum Gasteiger partial charge on any atom is 0.0449 e. The number of rotatable bonds is 6. The van der Waals surface area contributed by atoms with Crippen molar-refractivity contribution >= 4 is 39.1 Å². The number of halogens is 3. The van der Waals surface area contributed by atoms with E-state index < -0.39 is 0 Å². The van der Waals surface area contributed by atoms with Crippen molar-refractivity contribution in [3.05, 3.63) is 68.1 Å². The predicted octanol–water partition coefficient (Wildman–Crippen LogP) is 6.04. The van der Waals surface area contributed by atoms with E-state index in [1.807, 2.05) is 24.3 Å². The molecule has 1 N–H and O–H groups in total. The van der Waals surface area contributed by atoms with Crippen molar-refractivity contribution in [3.63, 3.8) is 0 Å². The van der Waals surface area contributed by atoms with Gasteiger partial charge in [0, 0.05) is 20.6 Å². The molecule has 0 heterocycles. The van der Waals surface area contributed by atoms with Gasteiger partial charge in [-0.1, -0.05) is 64.3 Å². The van der Waals surface area contributed by atoms with Crippen molar-refractivity contribution in [2.24, 2.45) is 0 Å². The van der Waals surface area contributed by atoms with Gasteiger partial charge in [0.05, 0.1) is 0 Å². The molecule has 0 fully saturated rings. The zero-order valence-electron chi connectivity index (χ0n) is 11.9. The van der Waals surface area contributed by atoms with Crippen LogP contribution < -0.4 is 5.32 Å². The molecule has 0 saturated carbocycles. The van der Waals surface area contributed by atoms with E-state index in [1.54, 1.807) is 0 Å². The largest absolute Gasteiger partial charge is 0.310 e. The highest BCUT2D eigenvalue weighted by molar-refractivity contribution is 9.10. The van der Waals surface area contributed by atoms with Crippen LogP contribution >= 0.6 is 39.1 Å². The van der Waals surface area contributed by atoms with Crippen LogP contribution in [0.15, 0.2) is 46.9 Å². The number of benzene rings is 2. The van der Waals surface area contributed by atoms with Gasteiger partial charge in [0.1, 0.15) is 0 Å². The Morgan fingerprint density at radius 2 is 1.81 bits per heavy atom. The summed E-state index contributed by atoms with van der Waals surface area (Å²) in [7, 11) is 0. The molecule has 0 radical (unpaired) electrons. The van der Waals surface area contributed by atoms with Gasteiger partial charge in [0.25, 0.3) is 0 Å². The molecule has 0 aliphatic heterocycles. The first-order chi connectivity index (χ1) is 10.1. The second kappa shape index (κ2) is 8.19. The van der Waals surface area contributed by atoms with Gasteiger partial charge in [-0.2, -0.15) is 0 Å². The summed E-state index contributed by atoms with van der Waals surface area (Å²) in [6, 6.07) is 14.3. The molecule has 4 heteroatoms. The zero-order chi connectivity index (χ0) is 15.2. The van der Waals surface area contributed by atoms with Crippen LogP contribution in [0.5, 0.6) is 0 Å². The van der Waals surface area contributed by atoms with Crippen molar-refractivity contribution in [2.75, 3.05) is 6.54 Å². The molecule has 2 rings (SSSR count). The molecule has 1 unspecified atom stereocenters. The SMILES string of the molecule is CCCNC(Cc1ccc(Br)cc1Cl)c1ccc(Cl)cc1. The molecule has 1 atom stereocenters. The maximum absolute atomic E-state index is 6.34. The third-order valence-electron chi connectivity index (χ3n) is 3.35. The minimum atomic E-state index is 0.237. The fraction of sp³-hybridized carbons (Fsp3) is 0.294. The Hall–Kier alpha value is -0.540. The smallest absolute Gasteiger partial charge is 0.0449 e. The van der Waals surface area contributed by atoms with E-state index in [0.29, 0.717) is 0 Å². The Kier molecular flexibility index (Phi) is 6.56. The molecule has 0 aliphatic rings. The first kappa shape index (κ1) is 16.8. The van der Waals surface area contributed by atoms with Crippen LogP contribution in [0.3, 0.4) is 0 Å². The van der Waals surface area contributed by atoms with Crippen molar-refractivity contribution < 1.29 is 0 Å². The molecule has 1 nitrogen and oxygen atoms in total. The summed E-state index contributed by atoms with van der Waals surface area (Å²) in [4.78, 5) is 0. The van der Waals surface area contributed by atoms with Crippen LogP contribution in [0.1, 0.15) is 30.5 Å². The Bertz CT molecular complexity index is 584. The van der Waals surface area contributed by atoms with E-state index in [0.717, 1.165) is 39.5 Å². The van der Waals surface area contributed by atoms with E-state index in [9.17, 15) is 0 Å². The van der Waals surface area contributed by atoms with Gasteiger partial charge >= 0.3 is 0 Å². The average Bonchev–Trinajstić information content (AvgIpc) is 2.46. The molecular formula is C17H18BrCl2N. The standard InChI is InChI=1S/C17H18BrCl2N/c1-2-9-21-17(12-4-7-15(19)8-5-12)10-13-3-6-14(18)11-16(13)20/h3-8,11,17,21H,2,9-10H2,1H3. The lowest BCUT2D eigenvalue weighted by molar-refractivity contribution is 0.529. The van der Waals surface area contributed by atoms with Gasteiger partial charge in [0.15, 0.2) is 0 Å². The van der Waals surface area contributed by atoms with Crippen molar-refractivity contribution in [2.45, 2.75) is 25.8 Å². The van der Waals surface area contributed by atoms with Crippen LogP contribution in [-0.2, 0) is 6.42 Å². The van der Waals surface area contributed by atoms with E-state index in [4.69, 9.17) is 23.2 Å². The molecule has 2 aromatic carbocycles. The molecule has 0 bridgehead atoms. The third-order valence-corrected chi connectivity index (χ3v) is 4.45. The molecule has 0 aromatic heterocycles. The summed E-state index contributed by atoms with van der Waals surface area (Å²) in [5, 5.41) is 5.13. The van der Waals surface area contributed by atoms with Crippen molar-refractivity contribution in [3.8, 4) is 0 Å². The Balaban J connectivity index is 2.21. The molecule has 112 valence electrons. The molecule has 21 heavy (non-hydrogen) atoms. The first-order valence-electron chi connectivity index (χ1n) is 7.03. The normalized spacial score (nSPS) is 12.4. The maximum atomic E-state index is 6.34. The quantitative estimate of drug-likeness (QED) is 0.638. The Morgan fingerprint density at radius 3 is 2.43 bits per heavy atom. The summed E-state index contributed by atoms with van der Waals surface area (Å²) in [5.74, 6) is 0. The monoisotopic (exact) mass is 385 g/mol. The van der Waals surface area contributed by atoms with Gasteiger partial charge in [0.2, 0.25) is 0 Å². The Morgan fingerprint density at radius 1 is 1.10 bits per heavy atom. The summed E-state index contributed by atoms with van der Waals surface area (Å²) in [6.07, 6.45) is 1.95. The molecule has 0 aliphatic carbocycles. The molecular weight excluding hydrogens is 369 g/mol. The first-order valence-corrected chi connectivity index (χ1v) is 8.58. The van der Waals surface area contributed by atoms with E-state index in [2.05, 4.69) is 46.4 Å². The van der Waals surface area contributed by atoms with Gasteiger partial charge < -0.3 is 5.32 Å².